The predicted molar refractivity (Wildman–Crippen MR) is 158 cm³/mol. The summed E-state index contributed by atoms with van der Waals surface area (Å²) in [5.74, 6) is -0.220. The van der Waals surface area contributed by atoms with Crippen molar-refractivity contribution in [3.8, 4) is 17.2 Å². The largest absolute Gasteiger partial charge is 0.493 e. The van der Waals surface area contributed by atoms with E-state index in [0.29, 0.717) is 44.3 Å². The number of halogens is 2. The molecule has 2 unspecified atom stereocenters. The number of hydrogen-bond donors (Lipinski definition) is 1. The molecule has 2 atom stereocenters. The third kappa shape index (κ3) is 8.01. The highest BCUT2D eigenvalue weighted by Crippen LogP contribution is 2.34. The Morgan fingerprint density at radius 2 is 1.77 bits per heavy atom. The zero-order valence-electron chi connectivity index (χ0n) is 24.4. The van der Waals surface area contributed by atoms with Crippen molar-refractivity contribution in [2.24, 2.45) is 0 Å². The number of rotatable bonds is 14. The highest BCUT2D eigenvalue weighted by Gasteiger charge is 2.28. The number of nitrogens with zero attached hydrogens (tertiary/aromatic N) is 1. The molecule has 2 heterocycles. The molecule has 43 heavy (non-hydrogen) atoms. The maximum absolute atomic E-state index is 13.7. The molecular formula is C33H38F2N2O6. The molecule has 0 spiro atoms. The Labute approximate surface area is 250 Å². The molecular weight excluding hydrogens is 558 g/mol. The lowest BCUT2D eigenvalue weighted by Crippen LogP contribution is -2.41. The molecule has 1 fully saturated rings. The van der Waals surface area contributed by atoms with Crippen LogP contribution in [-0.4, -0.2) is 65.2 Å². The number of para-hydroxylation sites is 1. The second-order valence-corrected chi connectivity index (χ2v) is 10.6. The van der Waals surface area contributed by atoms with Gasteiger partial charge in [0.1, 0.15) is 11.5 Å². The highest BCUT2D eigenvalue weighted by atomic mass is 19.1. The van der Waals surface area contributed by atoms with E-state index in [1.165, 1.54) is 23.8 Å². The maximum atomic E-state index is 13.7. The SMILES string of the molecule is COCCCN1C(=O)COc2ccc(COC3CNCCC3c3ccc(OCCCOc4c(F)cccc4F)cc3)cc21. The van der Waals surface area contributed by atoms with Crippen LogP contribution in [0.25, 0.3) is 0 Å². The van der Waals surface area contributed by atoms with Gasteiger partial charge >= 0.3 is 0 Å². The number of methoxy groups -OCH3 is 1. The fraction of sp³-hybridized carbons (Fsp3) is 0.424. The molecule has 2 aliphatic rings. The number of benzene rings is 3. The minimum atomic E-state index is -0.717. The molecule has 1 saturated heterocycles. The Balaban J connectivity index is 1.13. The number of ether oxygens (including phenoxy) is 5. The fourth-order valence-electron chi connectivity index (χ4n) is 5.39. The van der Waals surface area contributed by atoms with Gasteiger partial charge < -0.3 is 33.9 Å². The summed E-state index contributed by atoms with van der Waals surface area (Å²) in [5.41, 5.74) is 2.92. The van der Waals surface area contributed by atoms with Gasteiger partial charge in [-0.3, -0.25) is 4.79 Å². The molecule has 3 aromatic carbocycles. The van der Waals surface area contributed by atoms with Gasteiger partial charge in [-0.15, -0.1) is 0 Å². The lowest BCUT2D eigenvalue weighted by Gasteiger charge is -2.33. The molecule has 0 radical (unpaired) electrons. The quantitative estimate of drug-likeness (QED) is 0.255. The first-order valence-corrected chi connectivity index (χ1v) is 14.7. The van der Waals surface area contributed by atoms with E-state index in [0.717, 1.165) is 37.2 Å². The van der Waals surface area contributed by atoms with Crippen molar-refractivity contribution in [2.45, 2.75) is 37.9 Å². The Bertz CT molecular complexity index is 1340. The topological polar surface area (TPSA) is 78.5 Å². The van der Waals surface area contributed by atoms with Crippen LogP contribution in [0.5, 0.6) is 17.2 Å². The van der Waals surface area contributed by atoms with Crippen molar-refractivity contribution in [1.82, 2.24) is 5.32 Å². The van der Waals surface area contributed by atoms with Gasteiger partial charge in [0, 0.05) is 39.1 Å². The average Bonchev–Trinajstić information content (AvgIpc) is 3.02. The van der Waals surface area contributed by atoms with Gasteiger partial charge in [-0.05, 0) is 66.9 Å². The minimum absolute atomic E-state index is 0.0248. The van der Waals surface area contributed by atoms with Gasteiger partial charge in [0.25, 0.3) is 5.91 Å². The van der Waals surface area contributed by atoms with E-state index >= 15 is 0 Å². The van der Waals surface area contributed by atoms with Gasteiger partial charge in [0.2, 0.25) is 0 Å². The molecule has 0 aromatic heterocycles. The van der Waals surface area contributed by atoms with Crippen LogP contribution < -0.4 is 24.4 Å². The summed E-state index contributed by atoms with van der Waals surface area (Å²) in [6.45, 7) is 3.75. The van der Waals surface area contributed by atoms with E-state index in [1.807, 2.05) is 30.3 Å². The number of carbonyl (C=O) groups is 1. The van der Waals surface area contributed by atoms with Crippen molar-refractivity contribution in [3.63, 3.8) is 0 Å². The number of anilines is 1. The number of piperidine rings is 1. The summed E-state index contributed by atoms with van der Waals surface area (Å²) in [6.07, 6.45) is 2.14. The lowest BCUT2D eigenvalue weighted by atomic mass is 9.87. The summed E-state index contributed by atoms with van der Waals surface area (Å²) >= 11 is 0. The zero-order chi connectivity index (χ0) is 30.0. The Morgan fingerprint density at radius 3 is 2.56 bits per heavy atom. The van der Waals surface area contributed by atoms with E-state index in [2.05, 4.69) is 17.4 Å². The second-order valence-electron chi connectivity index (χ2n) is 10.6. The number of nitrogens with one attached hydrogen (secondary N) is 1. The number of fused-ring (bicyclic) bond motifs is 1. The van der Waals surface area contributed by atoms with Crippen LogP contribution in [0, 0.1) is 11.6 Å². The van der Waals surface area contributed by atoms with Gasteiger partial charge in [0.15, 0.2) is 24.0 Å². The van der Waals surface area contributed by atoms with E-state index in [9.17, 15) is 13.6 Å². The Kier molecular flexibility index (Phi) is 10.8. The molecule has 1 N–H and O–H groups in total. The predicted octanol–water partition coefficient (Wildman–Crippen LogP) is 5.24. The molecule has 3 aromatic rings. The van der Waals surface area contributed by atoms with E-state index in [-0.39, 0.29) is 36.9 Å². The smallest absolute Gasteiger partial charge is 0.265 e. The van der Waals surface area contributed by atoms with Crippen molar-refractivity contribution < 1.29 is 37.3 Å². The van der Waals surface area contributed by atoms with Crippen molar-refractivity contribution in [3.05, 3.63) is 83.4 Å². The standard InChI is InChI=1S/C33H38F2N2O6/c1-39-16-3-15-37-29-19-23(7-12-30(29)43-22-32(37)38)21-42-31-20-36-14-13-26(31)24-8-10-25(11-9-24)40-17-4-18-41-33-27(34)5-2-6-28(33)35/h2,5-12,19,26,31,36H,3-4,13-18,20-22H2,1H3. The molecule has 0 bridgehead atoms. The summed E-state index contributed by atoms with van der Waals surface area (Å²) in [5, 5.41) is 3.44. The van der Waals surface area contributed by atoms with Crippen molar-refractivity contribution >= 4 is 11.6 Å². The first-order chi connectivity index (χ1) is 21.0. The summed E-state index contributed by atoms with van der Waals surface area (Å²) in [7, 11) is 1.65. The third-order valence-corrected chi connectivity index (χ3v) is 7.62. The third-order valence-electron chi connectivity index (χ3n) is 7.62. The second kappa shape index (κ2) is 15.1. The van der Waals surface area contributed by atoms with Crippen LogP contribution in [0.1, 0.15) is 36.3 Å². The molecule has 0 saturated carbocycles. The number of amides is 1. The maximum Gasteiger partial charge on any atom is 0.265 e. The van der Waals surface area contributed by atoms with E-state index in [1.54, 1.807) is 12.0 Å². The highest BCUT2D eigenvalue weighted by molar-refractivity contribution is 5.97. The normalized spacial score (nSPS) is 18.2. The minimum Gasteiger partial charge on any atom is -0.493 e. The Morgan fingerprint density at radius 1 is 0.977 bits per heavy atom. The average molecular weight is 597 g/mol. The number of hydrogen-bond acceptors (Lipinski definition) is 7. The van der Waals surface area contributed by atoms with Crippen LogP contribution in [0.3, 0.4) is 0 Å². The van der Waals surface area contributed by atoms with Crippen LogP contribution in [0.15, 0.2) is 60.7 Å². The first-order valence-electron chi connectivity index (χ1n) is 14.7. The van der Waals surface area contributed by atoms with Crippen LogP contribution >= 0.6 is 0 Å². The number of carbonyl (C=O) groups excluding carboxylic acids is 1. The first kappa shape index (κ1) is 30.7. The molecule has 2 aliphatic heterocycles. The summed E-state index contributed by atoms with van der Waals surface area (Å²) in [4.78, 5) is 14.3. The summed E-state index contributed by atoms with van der Waals surface area (Å²) < 4.78 is 55.7. The van der Waals surface area contributed by atoms with Gasteiger partial charge in [0.05, 0.1) is 31.6 Å². The molecule has 5 rings (SSSR count). The monoisotopic (exact) mass is 596 g/mol. The van der Waals surface area contributed by atoms with E-state index in [4.69, 9.17) is 23.7 Å². The van der Waals surface area contributed by atoms with Crippen LogP contribution in [0.2, 0.25) is 0 Å². The fourth-order valence-corrected chi connectivity index (χ4v) is 5.39. The van der Waals surface area contributed by atoms with Crippen molar-refractivity contribution in [1.29, 1.82) is 0 Å². The molecule has 10 heteroatoms. The van der Waals surface area contributed by atoms with Gasteiger partial charge in [-0.1, -0.05) is 24.3 Å². The van der Waals surface area contributed by atoms with Gasteiger partial charge in [-0.2, -0.15) is 0 Å². The Hall–Kier alpha value is -3.73. The van der Waals surface area contributed by atoms with Crippen LogP contribution in [-0.2, 0) is 20.9 Å². The zero-order valence-corrected chi connectivity index (χ0v) is 24.4. The molecule has 1 amide bonds. The van der Waals surface area contributed by atoms with E-state index < -0.39 is 11.6 Å². The molecule has 0 aliphatic carbocycles. The summed E-state index contributed by atoms with van der Waals surface area (Å²) in [6, 6.07) is 17.5. The lowest BCUT2D eigenvalue weighted by molar-refractivity contribution is -0.121. The molecule has 8 nitrogen and oxygen atoms in total. The van der Waals surface area contributed by atoms with Crippen LogP contribution in [0.4, 0.5) is 14.5 Å². The molecule has 230 valence electrons. The van der Waals surface area contributed by atoms with Gasteiger partial charge in [-0.25, -0.2) is 8.78 Å². The van der Waals surface area contributed by atoms with Crippen molar-refractivity contribution in [2.75, 3.05) is 58.1 Å².